The molecule has 0 aliphatic carbocycles. The van der Waals surface area contributed by atoms with Crippen molar-refractivity contribution in [3.8, 4) is 10.9 Å². The molecule has 0 aliphatic rings. The third-order valence-corrected chi connectivity index (χ3v) is 3.26. The number of rotatable bonds is 4. The van der Waals surface area contributed by atoms with Crippen LogP contribution in [-0.4, -0.2) is 15.7 Å². The Morgan fingerprint density at radius 3 is 2.79 bits per heavy atom. The molecule has 0 fully saturated rings. The van der Waals surface area contributed by atoms with Gasteiger partial charge in [0.2, 0.25) is 0 Å². The van der Waals surface area contributed by atoms with Crippen LogP contribution in [0, 0.1) is 0 Å². The maximum absolute atomic E-state index is 5.89. The summed E-state index contributed by atoms with van der Waals surface area (Å²) in [6, 6.07) is 7.21. The Hall–Kier alpha value is -1.17. The molecule has 0 aliphatic heterocycles. The minimum Gasteiger partial charge on any atom is -0.430 e. The van der Waals surface area contributed by atoms with Crippen molar-refractivity contribution in [1.82, 2.24) is 15.5 Å². The summed E-state index contributed by atoms with van der Waals surface area (Å²) in [7, 11) is 0. The van der Waals surface area contributed by atoms with Crippen LogP contribution in [0.1, 0.15) is 25.8 Å². The second-order valence-electron chi connectivity index (χ2n) is 5.12. The zero-order valence-corrected chi connectivity index (χ0v) is 12.7. The minimum absolute atomic E-state index is 0.0552. The normalized spacial score (nSPS) is 11.6. The van der Waals surface area contributed by atoms with Crippen molar-refractivity contribution < 1.29 is 4.74 Å². The van der Waals surface area contributed by atoms with Gasteiger partial charge in [0.05, 0.1) is 6.54 Å². The lowest BCUT2D eigenvalue weighted by atomic mass is 10.1. The standard InChI is InChI=1S/C13H16ClN3OS/c1-13(2,3)15-8-11-16-17-12(19-11)18-10-6-4-5-9(14)7-10/h4-7,15H,8H2,1-3H3. The van der Waals surface area contributed by atoms with Crippen molar-refractivity contribution in [2.24, 2.45) is 0 Å². The van der Waals surface area contributed by atoms with Gasteiger partial charge in [-0.05, 0) is 39.0 Å². The van der Waals surface area contributed by atoms with Crippen molar-refractivity contribution in [2.75, 3.05) is 0 Å². The van der Waals surface area contributed by atoms with E-state index in [0.29, 0.717) is 22.5 Å². The quantitative estimate of drug-likeness (QED) is 0.930. The number of hydrogen-bond donors (Lipinski definition) is 1. The average molecular weight is 298 g/mol. The van der Waals surface area contributed by atoms with Crippen molar-refractivity contribution in [3.05, 3.63) is 34.3 Å². The van der Waals surface area contributed by atoms with Gasteiger partial charge in [-0.15, -0.1) is 5.10 Å². The van der Waals surface area contributed by atoms with E-state index in [1.165, 1.54) is 11.3 Å². The zero-order valence-electron chi connectivity index (χ0n) is 11.1. The van der Waals surface area contributed by atoms with Crippen molar-refractivity contribution >= 4 is 22.9 Å². The molecule has 0 bridgehead atoms. The Labute approximate surface area is 121 Å². The van der Waals surface area contributed by atoms with E-state index < -0.39 is 0 Å². The van der Waals surface area contributed by atoms with Gasteiger partial charge >= 0.3 is 0 Å². The molecule has 1 aromatic carbocycles. The van der Waals surface area contributed by atoms with Crippen LogP contribution in [0.5, 0.6) is 10.9 Å². The van der Waals surface area contributed by atoms with Gasteiger partial charge in [-0.3, -0.25) is 0 Å². The van der Waals surface area contributed by atoms with Crippen LogP contribution in [0.4, 0.5) is 0 Å². The van der Waals surface area contributed by atoms with Crippen LogP contribution in [0.25, 0.3) is 0 Å². The van der Waals surface area contributed by atoms with Crippen molar-refractivity contribution in [3.63, 3.8) is 0 Å². The summed E-state index contributed by atoms with van der Waals surface area (Å²) < 4.78 is 5.60. The highest BCUT2D eigenvalue weighted by Gasteiger charge is 2.12. The van der Waals surface area contributed by atoms with Gasteiger partial charge in [-0.25, -0.2) is 0 Å². The van der Waals surface area contributed by atoms with Crippen LogP contribution in [0.15, 0.2) is 24.3 Å². The molecular formula is C13H16ClN3OS. The molecule has 0 atom stereocenters. The molecule has 19 heavy (non-hydrogen) atoms. The lowest BCUT2D eigenvalue weighted by molar-refractivity contribution is 0.423. The van der Waals surface area contributed by atoms with Gasteiger partial charge in [-0.1, -0.05) is 34.1 Å². The van der Waals surface area contributed by atoms with Gasteiger partial charge in [0.1, 0.15) is 10.8 Å². The zero-order chi connectivity index (χ0) is 13.9. The molecule has 0 amide bonds. The van der Waals surface area contributed by atoms with E-state index in [1.807, 2.05) is 12.1 Å². The molecule has 4 nitrogen and oxygen atoms in total. The minimum atomic E-state index is 0.0552. The molecule has 1 N–H and O–H groups in total. The summed E-state index contributed by atoms with van der Waals surface area (Å²) in [5.74, 6) is 0.666. The Balaban J connectivity index is 1.97. The molecule has 0 radical (unpaired) electrons. The summed E-state index contributed by atoms with van der Waals surface area (Å²) in [6.07, 6.45) is 0. The number of ether oxygens (including phenoxy) is 1. The molecule has 2 aromatic rings. The van der Waals surface area contributed by atoms with Crippen LogP contribution in [0.2, 0.25) is 5.02 Å². The molecule has 2 rings (SSSR count). The molecule has 102 valence electrons. The highest BCUT2D eigenvalue weighted by atomic mass is 35.5. The van der Waals surface area contributed by atoms with Crippen molar-refractivity contribution in [2.45, 2.75) is 32.9 Å². The summed E-state index contributed by atoms with van der Waals surface area (Å²) in [6.45, 7) is 7.01. The Morgan fingerprint density at radius 1 is 1.32 bits per heavy atom. The van der Waals surface area contributed by atoms with Crippen LogP contribution >= 0.6 is 22.9 Å². The van der Waals surface area contributed by atoms with E-state index in [4.69, 9.17) is 16.3 Å². The van der Waals surface area contributed by atoms with Gasteiger partial charge in [0.15, 0.2) is 0 Å². The first kappa shape index (κ1) is 14.2. The molecule has 6 heteroatoms. The molecule has 0 spiro atoms. The highest BCUT2D eigenvalue weighted by molar-refractivity contribution is 7.13. The maximum Gasteiger partial charge on any atom is 0.299 e. The summed E-state index contributed by atoms with van der Waals surface area (Å²) in [4.78, 5) is 0. The fourth-order valence-electron chi connectivity index (χ4n) is 1.32. The van der Waals surface area contributed by atoms with Crippen LogP contribution in [0.3, 0.4) is 0 Å². The number of halogens is 1. The number of aromatic nitrogens is 2. The summed E-state index contributed by atoms with van der Waals surface area (Å²) >= 11 is 7.32. The van der Waals surface area contributed by atoms with E-state index in [0.717, 1.165) is 5.01 Å². The topological polar surface area (TPSA) is 47.0 Å². The summed E-state index contributed by atoms with van der Waals surface area (Å²) in [5, 5.41) is 13.5. The maximum atomic E-state index is 5.89. The third-order valence-electron chi connectivity index (χ3n) is 2.22. The van der Waals surface area contributed by atoms with E-state index in [-0.39, 0.29) is 5.54 Å². The average Bonchev–Trinajstić information content (AvgIpc) is 2.73. The molecule has 1 aromatic heterocycles. The van der Waals surface area contributed by atoms with Crippen LogP contribution in [-0.2, 0) is 6.54 Å². The lowest BCUT2D eigenvalue weighted by Crippen LogP contribution is -2.35. The Kier molecular flexibility index (Phi) is 4.39. The molecule has 0 unspecified atom stereocenters. The SMILES string of the molecule is CC(C)(C)NCc1nnc(Oc2cccc(Cl)c2)s1. The smallest absolute Gasteiger partial charge is 0.299 e. The monoisotopic (exact) mass is 297 g/mol. The third kappa shape index (κ3) is 4.78. The lowest BCUT2D eigenvalue weighted by Gasteiger charge is -2.19. The molecule has 0 saturated heterocycles. The second-order valence-corrected chi connectivity index (χ2v) is 6.59. The largest absolute Gasteiger partial charge is 0.430 e. The first-order valence-corrected chi connectivity index (χ1v) is 7.13. The second kappa shape index (κ2) is 5.86. The fourth-order valence-corrected chi connectivity index (χ4v) is 2.15. The molecule has 1 heterocycles. The van der Waals surface area contributed by atoms with Gasteiger partial charge in [0.25, 0.3) is 5.19 Å². The number of hydrogen-bond acceptors (Lipinski definition) is 5. The van der Waals surface area contributed by atoms with Gasteiger partial charge in [0, 0.05) is 10.6 Å². The highest BCUT2D eigenvalue weighted by Crippen LogP contribution is 2.26. The van der Waals surface area contributed by atoms with E-state index in [1.54, 1.807) is 12.1 Å². The molecular weight excluding hydrogens is 282 g/mol. The Morgan fingerprint density at radius 2 is 2.11 bits per heavy atom. The number of benzene rings is 1. The van der Waals surface area contributed by atoms with E-state index in [9.17, 15) is 0 Å². The fraction of sp³-hybridized carbons (Fsp3) is 0.385. The molecule has 0 saturated carbocycles. The predicted octanol–water partition coefficient (Wildman–Crippen LogP) is 3.87. The Bertz CT molecular complexity index is 551. The van der Waals surface area contributed by atoms with Crippen LogP contribution < -0.4 is 10.1 Å². The van der Waals surface area contributed by atoms with E-state index in [2.05, 4.69) is 36.3 Å². The first-order chi connectivity index (χ1) is 8.92. The predicted molar refractivity (Wildman–Crippen MR) is 78.0 cm³/mol. The van der Waals surface area contributed by atoms with Gasteiger partial charge in [-0.2, -0.15) is 0 Å². The first-order valence-electron chi connectivity index (χ1n) is 5.93. The number of nitrogens with one attached hydrogen (secondary N) is 1. The van der Waals surface area contributed by atoms with E-state index >= 15 is 0 Å². The van der Waals surface area contributed by atoms with Gasteiger partial charge < -0.3 is 10.1 Å². The summed E-state index contributed by atoms with van der Waals surface area (Å²) in [5.41, 5.74) is 0.0552. The van der Waals surface area contributed by atoms with Crippen molar-refractivity contribution in [1.29, 1.82) is 0 Å². The number of nitrogens with zero attached hydrogens (tertiary/aromatic N) is 2.